The normalized spacial score (nSPS) is 26.5. The number of benzene rings is 1. The fourth-order valence-corrected chi connectivity index (χ4v) is 2.68. The van der Waals surface area contributed by atoms with Gasteiger partial charge in [-0.3, -0.25) is 4.79 Å². The van der Waals surface area contributed by atoms with Gasteiger partial charge in [0.1, 0.15) is 0 Å². The van der Waals surface area contributed by atoms with Gasteiger partial charge in [0.2, 0.25) is 0 Å². The predicted molar refractivity (Wildman–Crippen MR) is 63.3 cm³/mol. The van der Waals surface area contributed by atoms with Gasteiger partial charge in [-0.25, -0.2) is 0 Å². The van der Waals surface area contributed by atoms with Gasteiger partial charge in [-0.05, 0) is 11.6 Å². The van der Waals surface area contributed by atoms with Crippen molar-refractivity contribution in [1.29, 1.82) is 0 Å². The molecule has 4 nitrogen and oxygen atoms in total. The Morgan fingerprint density at radius 1 is 1.35 bits per heavy atom. The minimum atomic E-state index is -0.782. The fourth-order valence-electron chi connectivity index (χ4n) is 2.68. The third kappa shape index (κ3) is 2.00. The summed E-state index contributed by atoms with van der Waals surface area (Å²) in [7, 11) is 0. The average molecular weight is 233 g/mol. The van der Waals surface area contributed by atoms with Crippen LogP contribution in [0, 0.1) is 0 Å². The van der Waals surface area contributed by atoms with Crippen LogP contribution < -0.4 is 4.90 Å². The van der Waals surface area contributed by atoms with Gasteiger partial charge in [0.15, 0.2) is 0 Å². The molecular formula is C13H15NO3. The first-order chi connectivity index (χ1) is 8.22. The van der Waals surface area contributed by atoms with E-state index in [4.69, 9.17) is 9.84 Å². The molecule has 3 aliphatic heterocycles. The van der Waals surface area contributed by atoms with Gasteiger partial charge in [0.25, 0.3) is 0 Å². The molecule has 3 fully saturated rings. The van der Waals surface area contributed by atoms with Gasteiger partial charge in [-0.1, -0.05) is 18.2 Å². The lowest BCUT2D eigenvalue weighted by Crippen LogP contribution is -2.57. The molecular weight excluding hydrogens is 218 g/mol. The van der Waals surface area contributed by atoms with Crippen molar-refractivity contribution in [3.63, 3.8) is 0 Å². The van der Waals surface area contributed by atoms with Crippen LogP contribution in [0.4, 0.5) is 5.69 Å². The Kier molecular flexibility index (Phi) is 2.52. The number of ether oxygens (including phenoxy) is 1. The summed E-state index contributed by atoms with van der Waals surface area (Å²) in [5.41, 5.74) is 1.94. The lowest BCUT2D eigenvalue weighted by atomic mass is 9.97. The van der Waals surface area contributed by atoms with Crippen LogP contribution in [-0.4, -0.2) is 36.4 Å². The van der Waals surface area contributed by atoms with Crippen molar-refractivity contribution in [1.82, 2.24) is 0 Å². The van der Waals surface area contributed by atoms with E-state index in [1.54, 1.807) is 0 Å². The number of fused-ring (bicyclic) bond motifs is 2. The third-order valence-corrected chi connectivity index (χ3v) is 3.43. The highest BCUT2D eigenvalue weighted by Crippen LogP contribution is 2.32. The zero-order chi connectivity index (χ0) is 11.8. The first kappa shape index (κ1) is 10.6. The number of carbonyl (C=O) groups is 1. The lowest BCUT2D eigenvalue weighted by molar-refractivity contribution is -0.136. The minimum Gasteiger partial charge on any atom is -0.481 e. The maximum Gasteiger partial charge on any atom is 0.307 e. The number of morpholine rings is 1. The second-order valence-electron chi connectivity index (χ2n) is 4.72. The van der Waals surface area contributed by atoms with Crippen LogP contribution >= 0.6 is 0 Å². The van der Waals surface area contributed by atoms with Gasteiger partial charge >= 0.3 is 5.97 Å². The monoisotopic (exact) mass is 233 g/mol. The van der Waals surface area contributed by atoms with Crippen molar-refractivity contribution in [2.45, 2.75) is 25.0 Å². The zero-order valence-corrected chi connectivity index (χ0v) is 9.50. The molecule has 0 aliphatic carbocycles. The van der Waals surface area contributed by atoms with E-state index in [-0.39, 0.29) is 6.42 Å². The summed E-state index contributed by atoms with van der Waals surface area (Å²) in [5.74, 6) is -0.782. The molecule has 0 saturated carbocycles. The quantitative estimate of drug-likeness (QED) is 0.854. The van der Waals surface area contributed by atoms with Crippen LogP contribution in [0.1, 0.15) is 12.0 Å². The number of hydrogen-bond acceptors (Lipinski definition) is 3. The summed E-state index contributed by atoms with van der Waals surface area (Å²) >= 11 is 0. The van der Waals surface area contributed by atoms with Crippen molar-refractivity contribution >= 4 is 11.7 Å². The number of hydrogen-bond donors (Lipinski definition) is 1. The van der Waals surface area contributed by atoms with E-state index in [0.717, 1.165) is 30.8 Å². The summed E-state index contributed by atoms with van der Waals surface area (Å²) in [6, 6.07) is 7.75. The van der Waals surface area contributed by atoms with E-state index < -0.39 is 5.97 Å². The molecule has 4 rings (SSSR count). The number of carboxylic acids is 1. The van der Waals surface area contributed by atoms with E-state index in [2.05, 4.69) is 4.90 Å². The van der Waals surface area contributed by atoms with Gasteiger partial charge in [0, 0.05) is 25.2 Å². The van der Waals surface area contributed by atoms with Crippen LogP contribution in [0.15, 0.2) is 24.3 Å². The molecule has 1 N–H and O–H groups in total. The van der Waals surface area contributed by atoms with Gasteiger partial charge in [0.05, 0.1) is 18.6 Å². The maximum atomic E-state index is 10.8. The zero-order valence-electron chi connectivity index (χ0n) is 9.50. The van der Waals surface area contributed by atoms with Crippen LogP contribution in [0.3, 0.4) is 0 Å². The Labute approximate surface area is 99.8 Å². The van der Waals surface area contributed by atoms with Crippen molar-refractivity contribution in [2.75, 3.05) is 18.0 Å². The smallest absolute Gasteiger partial charge is 0.307 e. The summed E-state index contributed by atoms with van der Waals surface area (Å²) < 4.78 is 5.59. The van der Waals surface area contributed by atoms with E-state index in [0.29, 0.717) is 12.2 Å². The van der Waals surface area contributed by atoms with Crippen molar-refractivity contribution in [3.8, 4) is 0 Å². The minimum absolute atomic E-state index is 0.0862. The summed E-state index contributed by atoms with van der Waals surface area (Å²) in [5, 5.41) is 8.91. The van der Waals surface area contributed by atoms with Crippen LogP contribution in [0.2, 0.25) is 0 Å². The molecule has 3 aliphatic rings. The second kappa shape index (κ2) is 4.04. The molecule has 90 valence electrons. The molecule has 2 bridgehead atoms. The molecule has 0 radical (unpaired) electrons. The van der Waals surface area contributed by atoms with Crippen molar-refractivity contribution in [3.05, 3.63) is 29.8 Å². The van der Waals surface area contributed by atoms with Gasteiger partial charge < -0.3 is 14.7 Å². The number of anilines is 1. The summed E-state index contributed by atoms with van der Waals surface area (Å²) in [6.07, 6.45) is 1.92. The SMILES string of the molecule is O=C(O)Cc1ccccc1N1CC2CC(C1)O2. The number of aliphatic carboxylic acids is 1. The van der Waals surface area contributed by atoms with Crippen LogP contribution in [-0.2, 0) is 16.0 Å². The molecule has 2 unspecified atom stereocenters. The lowest BCUT2D eigenvalue weighted by Gasteiger charge is -2.48. The Balaban J connectivity index is 1.83. The van der Waals surface area contributed by atoms with E-state index >= 15 is 0 Å². The molecule has 17 heavy (non-hydrogen) atoms. The molecule has 0 amide bonds. The largest absolute Gasteiger partial charge is 0.481 e. The topological polar surface area (TPSA) is 49.8 Å². The average Bonchev–Trinajstić information content (AvgIpc) is 2.28. The standard InChI is InChI=1S/C13H15NO3/c15-13(16)5-9-3-1-2-4-12(9)14-7-10-6-11(8-14)17-10/h1-4,10-11H,5-8H2,(H,15,16). The fraction of sp³-hybridized carbons (Fsp3) is 0.462. The molecule has 1 aromatic carbocycles. The Morgan fingerprint density at radius 2 is 2.00 bits per heavy atom. The second-order valence-corrected chi connectivity index (χ2v) is 4.72. The number of rotatable bonds is 3. The summed E-state index contributed by atoms with van der Waals surface area (Å²) in [6.45, 7) is 1.76. The molecule has 1 aromatic rings. The highest BCUT2D eigenvalue weighted by Gasteiger charge is 2.38. The molecule has 0 spiro atoms. The van der Waals surface area contributed by atoms with Crippen molar-refractivity contribution < 1.29 is 14.6 Å². The number of piperidine rings is 1. The number of carboxylic acid groups (broad SMARTS) is 1. The Hall–Kier alpha value is -1.55. The van der Waals surface area contributed by atoms with Gasteiger partial charge in [-0.15, -0.1) is 0 Å². The first-order valence-corrected chi connectivity index (χ1v) is 5.92. The predicted octanol–water partition coefficient (Wildman–Crippen LogP) is 1.29. The number of nitrogens with zero attached hydrogens (tertiary/aromatic N) is 1. The van der Waals surface area contributed by atoms with Crippen LogP contribution in [0.5, 0.6) is 0 Å². The van der Waals surface area contributed by atoms with Crippen molar-refractivity contribution in [2.24, 2.45) is 0 Å². The Bertz CT molecular complexity index is 430. The van der Waals surface area contributed by atoms with Gasteiger partial charge in [-0.2, -0.15) is 0 Å². The number of para-hydroxylation sites is 1. The maximum absolute atomic E-state index is 10.8. The van der Waals surface area contributed by atoms with Crippen LogP contribution in [0.25, 0.3) is 0 Å². The van der Waals surface area contributed by atoms with E-state index in [1.807, 2.05) is 24.3 Å². The first-order valence-electron chi connectivity index (χ1n) is 5.92. The van der Waals surface area contributed by atoms with E-state index in [9.17, 15) is 4.79 Å². The third-order valence-electron chi connectivity index (χ3n) is 3.43. The molecule has 4 heteroatoms. The molecule has 3 heterocycles. The Morgan fingerprint density at radius 3 is 2.65 bits per heavy atom. The molecule has 3 saturated heterocycles. The van der Waals surface area contributed by atoms with E-state index in [1.165, 1.54) is 0 Å². The molecule has 2 atom stereocenters. The highest BCUT2D eigenvalue weighted by molar-refractivity contribution is 5.73. The summed E-state index contributed by atoms with van der Waals surface area (Å²) in [4.78, 5) is 13.1. The molecule has 0 aromatic heterocycles. The highest BCUT2D eigenvalue weighted by atomic mass is 16.5.